The zero-order chi connectivity index (χ0) is 18.9. The molecule has 0 bridgehead atoms. The molecular formula is C19H32INO4. The Balaban J connectivity index is 2.45. The van der Waals surface area contributed by atoms with Gasteiger partial charge in [-0.05, 0) is 61.6 Å². The van der Waals surface area contributed by atoms with Gasteiger partial charge in [0, 0.05) is 12.3 Å². The number of piperidine rings is 1. The van der Waals surface area contributed by atoms with Crippen LogP contribution in [-0.4, -0.2) is 38.4 Å². The lowest BCUT2D eigenvalue weighted by Gasteiger charge is -2.65. The summed E-state index contributed by atoms with van der Waals surface area (Å²) in [5, 5.41) is 13.5. The normalized spacial score (nSPS) is 46.0. The van der Waals surface area contributed by atoms with E-state index in [9.17, 15) is 10.1 Å². The van der Waals surface area contributed by atoms with E-state index >= 15 is 0 Å². The van der Waals surface area contributed by atoms with Crippen molar-refractivity contribution in [1.82, 2.24) is 5.32 Å². The summed E-state index contributed by atoms with van der Waals surface area (Å²) in [6, 6.07) is 0. The van der Waals surface area contributed by atoms with E-state index in [0.29, 0.717) is 6.42 Å². The third-order valence-corrected chi connectivity index (χ3v) is 9.07. The number of aldehydes is 1. The van der Waals surface area contributed by atoms with Gasteiger partial charge < -0.3 is 9.53 Å². The number of hydrogen-bond donors (Lipinski definition) is 2. The fourth-order valence-electron chi connectivity index (χ4n) is 4.90. The molecule has 2 saturated heterocycles. The third-order valence-electron chi connectivity index (χ3n) is 6.65. The van der Waals surface area contributed by atoms with Crippen LogP contribution < -0.4 is 5.32 Å². The maximum absolute atomic E-state index is 11.0. The van der Waals surface area contributed by atoms with Crippen molar-refractivity contribution in [3.05, 3.63) is 12.2 Å². The molecule has 2 heterocycles. The third kappa shape index (κ3) is 3.33. The Kier molecular flexibility index (Phi) is 6.74. The molecule has 2 fully saturated rings. The van der Waals surface area contributed by atoms with Crippen LogP contribution in [0.3, 0.4) is 0 Å². The average Bonchev–Trinajstić information content (AvgIpc) is 2.59. The van der Waals surface area contributed by atoms with Gasteiger partial charge in [0.25, 0.3) is 0 Å². The number of carbonyl (C=O) groups is 1. The summed E-state index contributed by atoms with van der Waals surface area (Å²) in [7, 11) is 0. The Morgan fingerprint density at radius 2 is 2.12 bits per heavy atom. The molecule has 1 unspecified atom stereocenters. The first-order valence-corrected chi connectivity index (χ1v) is 10.3. The molecule has 5 nitrogen and oxygen atoms in total. The van der Waals surface area contributed by atoms with E-state index in [0.717, 1.165) is 25.5 Å². The number of fused-ring (bicyclic) bond motifs is 1. The number of rotatable bonds is 6. The molecule has 0 aromatic rings. The monoisotopic (exact) mass is 465 g/mol. The van der Waals surface area contributed by atoms with Crippen molar-refractivity contribution in [3.63, 3.8) is 0 Å². The molecule has 0 aromatic heterocycles. The molecular weight excluding hydrogens is 433 g/mol. The molecule has 2 aliphatic rings. The fourth-order valence-corrected chi connectivity index (χ4v) is 6.20. The molecule has 25 heavy (non-hydrogen) atoms. The molecule has 2 rings (SSSR count). The molecule has 6 heteroatoms. The van der Waals surface area contributed by atoms with Crippen molar-refractivity contribution in [2.24, 2.45) is 11.8 Å². The first-order valence-electron chi connectivity index (χ1n) is 9.27. The van der Waals surface area contributed by atoms with E-state index in [1.54, 1.807) is 0 Å². The van der Waals surface area contributed by atoms with Crippen molar-refractivity contribution in [2.75, 3.05) is 0 Å². The second-order valence-corrected chi connectivity index (χ2v) is 9.41. The maximum atomic E-state index is 11.0. The van der Waals surface area contributed by atoms with Crippen LogP contribution in [-0.2, 0) is 14.4 Å². The smallest absolute Gasteiger partial charge is 0.140 e. The lowest BCUT2D eigenvalue weighted by molar-refractivity contribution is -0.299. The van der Waals surface area contributed by atoms with E-state index in [-0.39, 0.29) is 29.0 Å². The van der Waals surface area contributed by atoms with Gasteiger partial charge in [-0.15, -0.1) is 0 Å². The van der Waals surface area contributed by atoms with Gasteiger partial charge in [-0.3, -0.25) is 10.6 Å². The summed E-state index contributed by atoms with van der Waals surface area (Å²) in [5.74, 6) is 0.419. The Bertz CT molecular complexity index is 516. The molecule has 2 N–H and O–H groups in total. The molecule has 0 saturated carbocycles. The topological polar surface area (TPSA) is 67.8 Å². The zero-order valence-electron chi connectivity index (χ0n) is 15.9. The molecule has 0 amide bonds. The standard InChI is InChI=1S/C19H32INO4/c1-6-8-16(25-23)18(7-2)13(3)14(4)19(20)17(5,21-18)11-9-15(24-19)10-12-22/h6,8,12-16,21,23H,7,9-11H2,1-5H3/b8-6+/t13-,14+,15+,16-,17?,18-,19-/m0/s1. The highest BCUT2D eigenvalue weighted by molar-refractivity contribution is 14.1. The van der Waals surface area contributed by atoms with Gasteiger partial charge in [0.1, 0.15) is 16.0 Å². The summed E-state index contributed by atoms with van der Waals surface area (Å²) in [5.41, 5.74) is -0.655. The van der Waals surface area contributed by atoms with Crippen LogP contribution in [0.15, 0.2) is 12.2 Å². The molecule has 144 valence electrons. The predicted octanol–water partition coefficient (Wildman–Crippen LogP) is 4.10. The van der Waals surface area contributed by atoms with Crippen LogP contribution >= 0.6 is 22.6 Å². The highest BCUT2D eigenvalue weighted by atomic mass is 127. The van der Waals surface area contributed by atoms with Gasteiger partial charge in [-0.1, -0.05) is 32.9 Å². The Labute approximate surface area is 165 Å². The molecule has 0 spiro atoms. The predicted molar refractivity (Wildman–Crippen MR) is 107 cm³/mol. The Morgan fingerprint density at radius 1 is 1.44 bits per heavy atom. The van der Waals surface area contributed by atoms with Gasteiger partial charge in [-0.25, -0.2) is 4.89 Å². The molecule has 2 aliphatic heterocycles. The van der Waals surface area contributed by atoms with Crippen LogP contribution in [0, 0.1) is 11.8 Å². The van der Waals surface area contributed by atoms with Gasteiger partial charge >= 0.3 is 0 Å². The summed E-state index contributed by atoms with van der Waals surface area (Å²) in [6.45, 7) is 10.7. The van der Waals surface area contributed by atoms with Crippen LogP contribution in [0.5, 0.6) is 0 Å². The van der Waals surface area contributed by atoms with Crippen molar-refractivity contribution < 1.29 is 19.7 Å². The quantitative estimate of drug-likeness (QED) is 0.154. The Hall–Kier alpha value is -0.0200. The number of carbonyl (C=O) groups excluding carboxylic acids is 1. The second-order valence-electron chi connectivity index (χ2n) is 7.81. The minimum atomic E-state index is -0.426. The molecule has 7 atom stereocenters. The number of allylic oxidation sites excluding steroid dienone is 1. The minimum Gasteiger partial charge on any atom is -0.359 e. The van der Waals surface area contributed by atoms with Crippen LogP contribution in [0.25, 0.3) is 0 Å². The number of ether oxygens (including phenoxy) is 1. The first-order chi connectivity index (χ1) is 11.7. The van der Waals surface area contributed by atoms with Crippen molar-refractivity contribution in [1.29, 1.82) is 0 Å². The fraction of sp³-hybridized carbons (Fsp3) is 0.842. The van der Waals surface area contributed by atoms with Crippen molar-refractivity contribution in [3.8, 4) is 0 Å². The van der Waals surface area contributed by atoms with E-state index < -0.39 is 9.71 Å². The maximum Gasteiger partial charge on any atom is 0.140 e. The van der Waals surface area contributed by atoms with Crippen LogP contribution in [0.2, 0.25) is 0 Å². The van der Waals surface area contributed by atoms with E-state index in [1.807, 2.05) is 19.1 Å². The number of halogens is 1. The lowest BCUT2D eigenvalue weighted by Crippen LogP contribution is -2.80. The summed E-state index contributed by atoms with van der Waals surface area (Å²) in [6.07, 6.45) is 7.39. The van der Waals surface area contributed by atoms with E-state index in [2.05, 4.69) is 55.6 Å². The number of nitrogens with one attached hydrogen (secondary N) is 1. The minimum absolute atomic E-state index is 0.0199. The van der Waals surface area contributed by atoms with Gasteiger partial charge in [0.15, 0.2) is 0 Å². The molecule has 0 aliphatic carbocycles. The van der Waals surface area contributed by atoms with E-state index in [4.69, 9.17) is 9.62 Å². The van der Waals surface area contributed by atoms with Gasteiger partial charge in [0.2, 0.25) is 0 Å². The number of alkyl halides is 1. The highest BCUT2D eigenvalue weighted by Crippen LogP contribution is 2.57. The van der Waals surface area contributed by atoms with E-state index in [1.165, 1.54) is 0 Å². The lowest BCUT2D eigenvalue weighted by atomic mass is 9.61. The Morgan fingerprint density at radius 3 is 2.64 bits per heavy atom. The van der Waals surface area contributed by atoms with Gasteiger partial charge in [-0.2, -0.15) is 0 Å². The van der Waals surface area contributed by atoms with Crippen molar-refractivity contribution >= 4 is 28.9 Å². The second kappa shape index (κ2) is 7.92. The summed E-state index contributed by atoms with van der Waals surface area (Å²) in [4.78, 5) is 15.9. The van der Waals surface area contributed by atoms with Crippen molar-refractivity contribution in [2.45, 2.75) is 87.2 Å². The van der Waals surface area contributed by atoms with Crippen LogP contribution in [0.4, 0.5) is 0 Å². The SMILES string of the molecule is C/C=C/[C@H](OO)[C@@]1(CC)NC2(C)CC[C@H](CC=O)O[C@@]2(I)[C@H](C)[C@@H]1C. The summed E-state index contributed by atoms with van der Waals surface area (Å²) < 4.78 is 6.07. The molecule has 0 radical (unpaired) electrons. The van der Waals surface area contributed by atoms with Gasteiger partial charge in [0.05, 0.1) is 17.2 Å². The largest absolute Gasteiger partial charge is 0.359 e. The van der Waals surface area contributed by atoms with Crippen LogP contribution in [0.1, 0.15) is 60.3 Å². The number of hydrogen-bond acceptors (Lipinski definition) is 5. The highest BCUT2D eigenvalue weighted by Gasteiger charge is 2.65. The average molecular weight is 465 g/mol. The summed E-state index contributed by atoms with van der Waals surface area (Å²) >= 11 is 2.45. The molecule has 0 aromatic carbocycles. The zero-order valence-corrected chi connectivity index (χ0v) is 18.1. The first kappa shape index (κ1) is 21.3.